The lowest BCUT2D eigenvalue weighted by atomic mass is 10.2. The molecule has 0 amide bonds. The molecule has 10 heteroatoms. The minimum Gasteiger partial charge on any atom is -0.339 e. The number of halogens is 3. The van der Waals surface area contributed by atoms with Gasteiger partial charge in [0.1, 0.15) is 12.4 Å². The number of aryl methyl sites for hydroxylation is 2. The summed E-state index contributed by atoms with van der Waals surface area (Å²) in [6.45, 7) is -1.12. The predicted molar refractivity (Wildman–Crippen MR) is 87.6 cm³/mol. The summed E-state index contributed by atoms with van der Waals surface area (Å²) in [5, 5.41) is 7.96. The van der Waals surface area contributed by atoms with Crippen molar-refractivity contribution < 1.29 is 17.7 Å². The van der Waals surface area contributed by atoms with Crippen LogP contribution in [-0.2, 0) is 19.4 Å². The topological polar surface area (TPSA) is 82.5 Å². The van der Waals surface area contributed by atoms with E-state index in [0.29, 0.717) is 42.6 Å². The molecule has 0 saturated heterocycles. The average molecular weight is 378 g/mol. The summed E-state index contributed by atoms with van der Waals surface area (Å²) in [7, 11) is 0. The molecule has 1 aliphatic carbocycles. The zero-order valence-electron chi connectivity index (χ0n) is 14.4. The Morgan fingerprint density at radius 1 is 1.19 bits per heavy atom. The quantitative estimate of drug-likeness (QED) is 0.627. The molecule has 0 aliphatic heterocycles. The number of hydrogen-bond donors (Lipinski definition) is 0. The van der Waals surface area contributed by atoms with Gasteiger partial charge >= 0.3 is 6.18 Å². The first-order valence-corrected chi connectivity index (χ1v) is 8.71. The van der Waals surface area contributed by atoms with Crippen molar-refractivity contribution in [2.24, 2.45) is 0 Å². The average Bonchev–Trinajstić information content (AvgIpc) is 3.25. The summed E-state index contributed by atoms with van der Waals surface area (Å²) in [5.41, 5.74) is 0.742. The van der Waals surface area contributed by atoms with Gasteiger partial charge in [0.25, 0.3) is 0 Å². The number of rotatable bonds is 7. The molecular weight excluding hydrogens is 361 g/mol. The van der Waals surface area contributed by atoms with Crippen LogP contribution in [0.25, 0.3) is 11.4 Å². The molecular formula is C17H17F3N6O. The summed E-state index contributed by atoms with van der Waals surface area (Å²) < 4.78 is 44.5. The second-order valence-corrected chi connectivity index (χ2v) is 6.54. The molecule has 4 rings (SSSR count). The molecule has 1 fully saturated rings. The third-order valence-corrected chi connectivity index (χ3v) is 4.22. The summed E-state index contributed by atoms with van der Waals surface area (Å²) in [5.74, 6) is 1.94. The zero-order chi connectivity index (χ0) is 18.9. The standard InChI is InChI=1S/C17H17F3N6O/c18-17(19,20)10-26-13(22-15(24-26)11-6-7-11)4-1-5-14-23-16(25-27-14)12-3-2-8-21-9-12/h2-3,8-9,11H,1,4-7,10H2. The molecule has 27 heavy (non-hydrogen) atoms. The van der Waals surface area contributed by atoms with Crippen LogP contribution < -0.4 is 0 Å². The third kappa shape index (κ3) is 4.50. The van der Waals surface area contributed by atoms with Gasteiger partial charge in [0.05, 0.1) is 0 Å². The van der Waals surface area contributed by atoms with Crippen LogP contribution in [0.3, 0.4) is 0 Å². The number of aromatic nitrogens is 6. The summed E-state index contributed by atoms with van der Waals surface area (Å²) >= 11 is 0. The highest BCUT2D eigenvalue weighted by Gasteiger charge is 2.33. The van der Waals surface area contributed by atoms with E-state index in [0.717, 1.165) is 23.1 Å². The second kappa shape index (κ2) is 7.09. The third-order valence-electron chi connectivity index (χ3n) is 4.22. The van der Waals surface area contributed by atoms with Gasteiger partial charge in [-0.3, -0.25) is 4.98 Å². The zero-order valence-corrected chi connectivity index (χ0v) is 14.4. The van der Waals surface area contributed by atoms with Gasteiger partial charge < -0.3 is 4.52 Å². The Hall–Kier alpha value is -2.78. The molecule has 142 valence electrons. The minimum absolute atomic E-state index is 0.205. The number of nitrogens with zero attached hydrogens (tertiary/aromatic N) is 6. The highest BCUT2D eigenvalue weighted by atomic mass is 19.4. The Balaban J connectivity index is 1.39. The summed E-state index contributed by atoms with van der Waals surface area (Å²) in [4.78, 5) is 12.6. The number of pyridine rings is 1. The maximum Gasteiger partial charge on any atom is 0.408 e. The van der Waals surface area contributed by atoms with Gasteiger partial charge in [-0.1, -0.05) is 5.16 Å². The predicted octanol–water partition coefficient (Wildman–Crippen LogP) is 3.34. The SMILES string of the molecule is FC(F)(F)Cn1nc(C2CC2)nc1CCCc1nc(-c2cccnc2)no1. The van der Waals surface area contributed by atoms with Crippen LogP contribution >= 0.6 is 0 Å². The molecule has 7 nitrogen and oxygen atoms in total. The first-order chi connectivity index (χ1) is 13.0. The van der Waals surface area contributed by atoms with Gasteiger partial charge in [-0.25, -0.2) is 9.67 Å². The Morgan fingerprint density at radius 2 is 2.04 bits per heavy atom. The van der Waals surface area contributed by atoms with Crippen LogP contribution in [-0.4, -0.2) is 36.1 Å². The summed E-state index contributed by atoms with van der Waals surface area (Å²) in [6, 6.07) is 3.59. The number of hydrogen-bond acceptors (Lipinski definition) is 6. The normalized spacial score (nSPS) is 14.6. The van der Waals surface area contributed by atoms with E-state index >= 15 is 0 Å². The van der Waals surface area contributed by atoms with Crippen molar-refractivity contribution in [1.29, 1.82) is 0 Å². The van der Waals surface area contributed by atoms with Crippen molar-refractivity contribution >= 4 is 0 Å². The van der Waals surface area contributed by atoms with Crippen LogP contribution in [0, 0.1) is 0 Å². The minimum atomic E-state index is -4.33. The highest BCUT2D eigenvalue weighted by molar-refractivity contribution is 5.51. The van der Waals surface area contributed by atoms with E-state index < -0.39 is 12.7 Å². The van der Waals surface area contributed by atoms with E-state index in [4.69, 9.17) is 4.52 Å². The van der Waals surface area contributed by atoms with Gasteiger partial charge in [-0.05, 0) is 31.4 Å². The Kier molecular flexibility index (Phi) is 4.63. The van der Waals surface area contributed by atoms with Crippen LogP contribution in [0.2, 0.25) is 0 Å². The highest BCUT2D eigenvalue weighted by Crippen LogP contribution is 2.38. The molecule has 0 atom stereocenters. The van der Waals surface area contributed by atoms with Gasteiger partial charge in [0.15, 0.2) is 5.82 Å². The molecule has 3 aromatic rings. The molecule has 0 aromatic carbocycles. The van der Waals surface area contributed by atoms with Crippen molar-refractivity contribution in [1.82, 2.24) is 29.9 Å². The van der Waals surface area contributed by atoms with E-state index in [-0.39, 0.29) is 5.92 Å². The van der Waals surface area contributed by atoms with Crippen molar-refractivity contribution in [3.8, 4) is 11.4 Å². The van der Waals surface area contributed by atoms with E-state index in [2.05, 4.69) is 25.2 Å². The van der Waals surface area contributed by atoms with Gasteiger partial charge in [-0.2, -0.15) is 23.3 Å². The van der Waals surface area contributed by atoms with Gasteiger partial charge in [0, 0.05) is 36.7 Å². The van der Waals surface area contributed by atoms with E-state index in [1.807, 2.05) is 6.07 Å². The van der Waals surface area contributed by atoms with Crippen LogP contribution in [0.5, 0.6) is 0 Å². The largest absolute Gasteiger partial charge is 0.408 e. The van der Waals surface area contributed by atoms with E-state index in [1.165, 1.54) is 0 Å². The second-order valence-electron chi connectivity index (χ2n) is 6.54. The molecule has 3 aromatic heterocycles. The van der Waals surface area contributed by atoms with Crippen LogP contribution in [0.1, 0.15) is 42.7 Å². The molecule has 0 bridgehead atoms. The van der Waals surface area contributed by atoms with Crippen LogP contribution in [0.15, 0.2) is 29.0 Å². The molecule has 1 aliphatic rings. The maximum absolute atomic E-state index is 12.8. The van der Waals surface area contributed by atoms with Crippen molar-refractivity contribution in [2.75, 3.05) is 0 Å². The Bertz CT molecular complexity index is 901. The lowest BCUT2D eigenvalue weighted by molar-refractivity contribution is -0.143. The molecule has 3 heterocycles. The van der Waals surface area contributed by atoms with E-state index in [1.54, 1.807) is 18.5 Å². The fourth-order valence-corrected chi connectivity index (χ4v) is 2.76. The maximum atomic E-state index is 12.8. The fourth-order valence-electron chi connectivity index (χ4n) is 2.76. The molecule has 1 saturated carbocycles. The first-order valence-electron chi connectivity index (χ1n) is 8.71. The summed E-state index contributed by atoms with van der Waals surface area (Å²) in [6.07, 6.45) is 2.18. The smallest absolute Gasteiger partial charge is 0.339 e. The lowest BCUT2D eigenvalue weighted by Crippen LogP contribution is -2.20. The lowest BCUT2D eigenvalue weighted by Gasteiger charge is -2.08. The molecule has 0 spiro atoms. The van der Waals surface area contributed by atoms with E-state index in [9.17, 15) is 13.2 Å². The fraction of sp³-hybridized carbons (Fsp3) is 0.471. The van der Waals surface area contributed by atoms with Crippen LogP contribution in [0.4, 0.5) is 13.2 Å². The van der Waals surface area contributed by atoms with Crippen molar-refractivity contribution in [3.05, 3.63) is 42.1 Å². The van der Waals surface area contributed by atoms with Gasteiger partial charge in [-0.15, -0.1) is 0 Å². The first kappa shape index (κ1) is 17.6. The monoisotopic (exact) mass is 378 g/mol. The van der Waals surface area contributed by atoms with Gasteiger partial charge in [0.2, 0.25) is 11.7 Å². The molecule has 0 radical (unpaired) electrons. The Labute approximate surface area is 152 Å². The molecule has 0 N–H and O–H groups in total. The molecule has 0 unspecified atom stereocenters. The Morgan fingerprint density at radius 3 is 2.74 bits per heavy atom. The number of alkyl halides is 3. The van der Waals surface area contributed by atoms with Crippen molar-refractivity contribution in [3.63, 3.8) is 0 Å². The van der Waals surface area contributed by atoms with Crippen molar-refractivity contribution in [2.45, 2.75) is 50.7 Å².